The summed E-state index contributed by atoms with van der Waals surface area (Å²) in [4.78, 5) is 0. The molecule has 10 heteroatoms. The van der Waals surface area contributed by atoms with Gasteiger partial charge in [0.2, 0.25) is 0 Å². The third-order valence-corrected chi connectivity index (χ3v) is 1.95. The molecule has 0 amide bonds. The number of alkyl halides is 10. The predicted molar refractivity (Wildman–Crippen MR) is 36.4 cm³/mol. The summed E-state index contributed by atoms with van der Waals surface area (Å²) >= 11 is 7.92. The molecule has 0 radical (unpaired) electrons. The molecule has 0 aromatic heterocycles. The second-order valence-corrected chi connectivity index (χ2v) is 3.23. The zero-order chi connectivity index (χ0) is 12.7. The van der Waals surface area contributed by atoms with E-state index in [1.54, 1.807) is 0 Å². The second-order valence-electron chi connectivity index (χ2n) is 2.48. The highest BCUT2D eigenvalue weighted by molar-refractivity contribution is 6.22. The van der Waals surface area contributed by atoms with E-state index in [0.29, 0.717) is 0 Å². The van der Waals surface area contributed by atoms with Gasteiger partial charge in [-0.05, 0) is 11.6 Å². The molecular formula is C5H2Cl2F8. The number of halogens is 10. The quantitative estimate of drug-likeness (QED) is 0.541. The average Bonchev–Trinajstić information content (AvgIpc) is 2.01. The van der Waals surface area contributed by atoms with Crippen molar-refractivity contribution in [1.82, 2.24) is 0 Å². The molecule has 0 heterocycles. The molecule has 92 valence electrons. The molecule has 0 atom stereocenters. The van der Waals surface area contributed by atoms with Gasteiger partial charge in [-0.15, -0.1) is 11.6 Å². The van der Waals surface area contributed by atoms with Gasteiger partial charge in [-0.2, -0.15) is 35.1 Å². The molecule has 0 saturated heterocycles. The molecule has 0 rings (SSSR count). The van der Waals surface area contributed by atoms with Crippen molar-refractivity contribution in [3.63, 3.8) is 0 Å². The van der Waals surface area contributed by atoms with E-state index >= 15 is 0 Å². The average molecular weight is 285 g/mol. The molecule has 0 bridgehead atoms. The lowest BCUT2D eigenvalue weighted by molar-refractivity contribution is -0.342. The maximum atomic E-state index is 12.3. The molecule has 0 aliphatic carbocycles. The van der Waals surface area contributed by atoms with Gasteiger partial charge in [0.25, 0.3) is 0 Å². The van der Waals surface area contributed by atoms with Crippen LogP contribution in [0.2, 0.25) is 0 Å². The highest BCUT2D eigenvalue weighted by Crippen LogP contribution is 2.54. The molecule has 0 nitrogen and oxygen atoms in total. The standard InChI is InChI=1S/C5H2Cl2F8/c6-1-2(8,9)3(10,11)4(12,13)5(7,14)15/h1H2. The molecular weight excluding hydrogens is 283 g/mol. The minimum atomic E-state index is -6.42. The van der Waals surface area contributed by atoms with Crippen LogP contribution in [0.25, 0.3) is 0 Å². The Morgan fingerprint density at radius 3 is 1.27 bits per heavy atom. The van der Waals surface area contributed by atoms with E-state index in [2.05, 4.69) is 23.2 Å². The van der Waals surface area contributed by atoms with Crippen molar-refractivity contribution in [1.29, 1.82) is 0 Å². The maximum absolute atomic E-state index is 12.3. The Balaban J connectivity index is 5.38. The van der Waals surface area contributed by atoms with Gasteiger partial charge in [-0.3, -0.25) is 0 Å². The first-order chi connectivity index (χ1) is 6.31. The first kappa shape index (κ1) is 15.0. The van der Waals surface area contributed by atoms with E-state index in [9.17, 15) is 35.1 Å². The van der Waals surface area contributed by atoms with Gasteiger partial charge in [0.15, 0.2) is 0 Å². The Hall–Kier alpha value is 0.0200. The fourth-order valence-corrected chi connectivity index (χ4v) is 0.778. The summed E-state index contributed by atoms with van der Waals surface area (Å²) in [5.74, 6) is -20.5. The zero-order valence-corrected chi connectivity index (χ0v) is 8.00. The Kier molecular flexibility index (Phi) is 3.80. The molecule has 0 fully saturated rings. The largest absolute Gasteiger partial charge is 0.392 e. The molecule has 0 aromatic rings. The molecule has 0 aliphatic heterocycles. The van der Waals surface area contributed by atoms with E-state index < -0.39 is 29.0 Å². The molecule has 0 unspecified atom stereocenters. The fraction of sp³-hybridized carbons (Fsp3) is 1.00. The van der Waals surface area contributed by atoms with Crippen molar-refractivity contribution in [3.05, 3.63) is 0 Å². The summed E-state index contributed by atoms with van der Waals surface area (Å²) in [6.07, 6.45) is 0. The number of rotatable bonds is 4. The summed E-state index contributed by atoms with van der Waals surface area (Å²) in [5, 5.41) is -5.81. The zero-order valence-electron chi connectivity index (χ0n) is 6.49. The lowest BCUT2D eigenvalue weighted by Crippen LogP contribution is -2.61. The second kappa shape index (κ2) is 3.80. The first-order valence-corrected chi connectivity index (χ1v) is 3.98. The molecule has 0 N–H and O–H groups in total. The van der Waals surface area contributed by atoms with E-state index in [1.807, 2.05) is 0 Å². The molecule has 0 spiro atoms. The van der Waals surface area contributed by atoms with Crippen LogP contribution in [0.4, 0.5) is 35.1 Å². The highest BCUT2D eigenvalue weighted by atomic mass is 35.5. The van der Waals surface area contributed by atoms with E-state index in [4.69, 9.17) is 0 Å². The molecule has 0 saturated carbocycles. The molecule has 15 heavy (non-hydrogen) atoms. The molecule has 0 aliphatic rings. The minimum absolute atomic E-state index is 2.25. The van der Waals surface area contributed by atoms with E-state index in [0.717, 1.165) is 0 Å². The van der Waals surface area contributed by atoms with E-state index in [1.165, 1.54) is 0 Å². The summed E-state index contributed by atoms with van der Waals surface area (Å²) in [7, 11) is 0. The van der Waals surface area contributed by atoms with Crippen molar-refractivity contribution in [3.8, 4) is 0 Å². The van der Waals surface area contributed by atoms with Gasteiger partial charge in [-0.1, -0.05) is 0 Å². The van der Waals surface area contributed by atoms with Crippen molar-refractivity contribution < 1.29 is 35.1 Å². The summed E-state index contributed by atoms with van der Waals surface area (Å²) in [6, 6.07) is 0. The van der Waals surface area contributed by atoms with Crippen molar-refractivity contribution >= 4 is 23.2 Å². The Morgan fingerprint density at radius 1 is 0.733 bits per heavy atom. The van der Waals surface area contributed by atoms with Crippen molar-refractivity contribution in [2.45, 2.75) is 23.1 Å². The van der Waals surface area contributed by atoms with Gasteiger partial charge < -0.3 is 0 Å². The maximum Gasteiger partial charge on any atom is 0.392 e. The lowest BCUT2D eigenvalue weighted by atomic mass is 10.1. The Bertz CT molecular complexity index is 232. The fourth-order valence-electron chi connectivity index (χ4n) is 0.492. The summed E-state index contributed by atoms with van der Waals surface area (Å²) in [6.45, 7) is 0. The monoisotopic (exact) mass is 284 g/mol. The van der Waals surface area contributed by atoms with Gasteiger partial charge in [0, 0.05) is 0 Å². The van der Waals surface area contributed by atoms with Crippen LogP contribution in [0.1, 0.15) is 0 Å². The lowest BCUT2D eigenvalue weighted by Gasteiger charge is -2.33. The first-order valence-electron chi connectivity index (χ1n) is 3.07. The third-order valence-electron chi connectivity index (χ3n) is 1.38. The van der Waals surface area contributed by atoms with E-state index in [-0.39, 0.29) is 0 Å². The predicted octanol–water partition coefficient (Wildman–Crippen LogP) is 3.96. The van der Waals surface area contributed by atoms with Gasteiger partial charge in [-0.25, -0.2) is 0 Å². The number of hydrogen-bond donors (Lipinski definition) is 0. The normalized spacial score (nSPS) is 15.6. The van der Waals surface area contributed by atoms with Crippen LogP contribution in [-0.4, -0.2) is 29.0 Å². The van der Waals surface area contributed by atoms with Crippen molar-refractivity contribution in [2.24, 2.45) is 0 Å². The van der Waals surface area contributed by atoms with Gasteiger partial charge >= 0.3 is 23.1 Å². The van der Waals surface area contributed by atoms with Crippen LogP contribution in [-0.2, 0) is 0 Å². The van der Waals surface area contributed by atoms with Gasteiger partial charge in [0.1, 0.15) is 0 Å². The topological polar surface area (TPSA) is 0 Å². The van der Waals surface area contributed by atoms with Crippen LogP contribution >= 0.6 is 23.2 Å². The van der Waals surface area contributed by atoms with Crippen LogP contribution in [0.5, 0.6) is 0 Å². The summed E-state index contributed by atoms with van der Waals surface area (Å²) in [5.41, 5.74) is 0. The van der Waals surface area contributed by atoms with Gasteiger partial charge in [0.05, 0.1) is 5.88 Å². The van der Waals surface area contributed by atoms with Crippen LogP contribution < -0.4 is 0 Å². The number of hydrogen-bond acceptors (Lipinski definition) is 0. The van der Waals surface area contributed by atoms with Crippen molar-refractivity contribution in [2.75, 3.05) is 5.88 Å². The highest BCUT2D eigenvalue weighted by Gasteiger charge is 2.80. The van der Waals surface area contributed by atoms with Crippen LogP contribution in [0.15, 0.2) is 0 Å². The van der Waals surface area contributed by atoms with Crippen LogP contribution in [0.3, 0.4) is 0 Å². The minimum Gasteiger partial charge on any atom is -0.198 e. The SMILES string of the molecule is FC(F)(Cl)C(F)(F)C(F)(F)C(F)(F)CCl. The smallest absolute Gasteiger partial charge is 0.198 e. The molecule has 0 aromatic carbocycles. The summed E-state index contributed by atoms with van der Waals surface area (Å²) < 4.78 is 97.1. The Morgan fingerprint density at radius 2 is 1.07 bits per heavy atom. The Labute approximate surface area is 88.1 Å². The van der Waals surface area contributed by atoms with Crippen LogP contribution in [0, 0.1) is 0 Å². The third kappa shape index (κ3) is 2.25.